The summed E-state index contributed by atoms with van der Waals surface area (Å²) in [6.45, 7) is 4.46. The highest BCUT2D eigenvalue weighted by Crippen LogP contribution is 2.28. The van der Waals surface area contributed by atoms with E-state index in [1.54, 1.807) is 12.1 Å². The van der Waals surface area contributed by atoms with Crippen LogP contribution in [0.5, 0.6) is 0 Å². The molecule has 1 aromatic rings. The average molecular weight is 284 g/mol. The number of benzene rings is 1. The Morgan fingerprint density at radius 2 is 2.42 bits per heavy atom. The van der Waals surface area contributed by atoms with E-state index in [0.717, 1.165) is 25.2 Å². The van der Waals surface area contributed by atoms with Crippen molar-refractivity contribution < 1.29 is 9.94 Å². The van der Waals surface area contributed by atoms with Crippen LogP contribution in [-0.4, -0.2) is 36.8 Å². The molecule has 0 spiro atoms. The van der Waals surface area contributed by atoms with Crippen molar-refractivity contribution in [2.24, 2.45) is 10.9 Å². The number of halogens is 1. The third-order valence-corrected chi connectivity index (χ3v) is 3.59. The fourth-order valence-electron chi connectivity index (χ4n) is 2.17. The van der Waals surface area contributed by atoms with Gasteiger partial charge in [-0.25, -0.2) is 0 Å². The predicted molar refractivity (Wildman–Crippen MR) is 76.2 cm³/mol. The summed E-state index contributed by atoms with van der Waals surface area (Å²) in [5.74, 6) is 0.0573. The lowest BCUT2D eigenvalue weighted by atomic mass is 10.1. The highest BCUT2D eigenvalue weighted by atomic mass is 35.5. The molecule has 0 aliphatic carbocycles. The molecule has 6 heteroatoms. The normalized spacial score (nSPS) is 20.6. The van der Waals surface area contributed by atoms with Crippen molar-refractivity contribution in [2.45, 2.75) is 19.4 Å². The molecule has 1 aliphatic rings. The molecule has 3 N–H and O–H groups in total. The monoisotopic (exact) mass is 283 g/mol. The first-order valence-corrected chi connectivity index (χ1v) is 6.67. The smallest absolute Gasteiger partial charge is 0.170 e. The second-order valence-corrected chi connectivity index (χ2v) is 4.91. The molecule has 0 saturated carbocycles. The van der Waals surface area contributed by atoms with Gasteiger partial charge in [0.15, 0.2) is 5.84 Å². The van der Waals surface area contributed by atoms with E-state index in [2.05, 4.69) is 17.0 Å². The molecule has 0 amide bonds. The third kappa shape index (κ3) is 3.11. The Kier molecular flexibility index (Phi) is 4.50. The Balaban J connectivity index is 2.21. The Morgan fingerprint density at radius 3 is 3.05 bits per heavy atom. The molecule has 1 saturated heterocycles. The van der Waals surface area contributed by atoms with Crippen molar-refractivity contribution in [3.05, 3.63) is 28.8 Å². The van der Waals surface area contributed by atoms with Crippen LogP contribution in [0.1, 0.15) is 18.9 Å². The number of ether oxygens (including phenoxy) is 1. The van der Waals surface area contributed by atoms with Crippen molar-refractivity contribution in [3.63, 3.8) is 0 Å². The summed E-state index contributed by atoms with van der Waals surface area (Å²) in [5, 5.41) is 12.2. The molecule has 0 aromatic heterocycles. The molecule has 1 aliphatic heterocycles. The van der Waals surface area contributed by atoms with E-state index in [4.69, 9.17) is 27.3 Å². The first-order chi connectivity index (χ1) is 9.15. The first-order valence-electron chi connectivity index (χ1n) is 6.29. The lowest BCUT2D eigenvalue weighted by Gasteiger charge is -2.34. The standard InChI is InChI=1S/C13H18ClN3O2/c1-2-10-8-17(5-6-19-10)12-4-3-9(7-11(12)14)13(15)16-18/h3-4,7,10,18H,2,5-6,8H2,1H3,(H2,15,16). The van der Waals surface area contributed by atoms with Crippen LogP contribution in [0.15, 0.2) is 23.4 Å². The lowest BCUT2D eigenvalue weighted by molar-refractivity contribution is 0.0384. The third-order valence-electron chi connectivity index (χ3n) is 3.29. The Labute approximate surface area is 117 Å². The second kappa shape index (κ2) is 6.12. The summed E-state index contributed by atoms with van der Waals surface area (Å²) < 4.78 is 5.64. The molecule has 5 nitrogen and oxygen atoms in total. The molecule has 1 fully saturated rings. The van der Waals surface area contributed by atoms with Gasteiger partial charge in [0.2, 0.25) is 0 Å². The molecule has 2 rings (SSSR count). The Bertz CT molecular complexity index is 479. The van der Waals surface area contributed by atoms with Gasteiger partial charge in [-0.1, -0.05) is 23.7 Å². The number of rotatable bonds is 3. The minimum atomic E-state index is 0.0573. The highest BCUT2D eigenvalue weighted by molar-refractivity contribution is 6.33. The van der Waals surface area contributed by atoms with E-state index >= 15 is 0 Å². The van der Waals surface area contributed by atoms with Gasteiger partial charge in [-0.15, -0.1) is 0 Å². The number of oxime groups is 1. The van der Waals surface area contributed by atoms with Crippen LogP contribution in [0.4, 0.5) is 5.69 Å². The van der Waals surface area contributed by atoms with Gasteiger partial charge in [-0.2, -0.15) is 0 Å². The van der Waals surface area contributed by atoms with E-state index < -0.39 is 0 Å². The van der Waals surface area contributed by atoms with E-state index in [-0.39, 0.29) is 11.9 Å². The van der Waals surface area contributed by atoms with Crippen molar-refractivity contribution in [1.82, 2.24) is 0 Å². The Morgan fingerprint density at radius 1 is 1.63 bits per heavy atom. The summed E-state index contributed by atoms with van der Waals surface area (Å²) in [4.78, 5) is 2.20. The maximum atomic E-state index is 8.66. The molecule has 104 valence electrons. The van der Waals surface area contributed by atoms with Crippen LogP contribution in [0.3, 0.4) is 0 Å². The molecule has 1 atom stereocenters. The molecular weight excluding hydrogens is 266 g/mol. The molecule has 19 heavy (non-hydrogen) atoms. The van der Waals surface area contributed by atoms with E-state index in [0.29, 0.717) is 17.2 Å². The van der Waals surface area contributed by atoms with E-state index in [1.165, 1.54) is 0 Å². The number of nitrogens with zero attached hydrogens (tertiary/aromatic N) is 2. The van der Waals surface area contributed by atoms with Crippen LogP contribution in [0.2, 0.25) is 5.02 Å². The maximum absolute atomic E-state index is 8.66. The van der Waals surface area contributed by atoms with Crippen molar-refractivity contribution >= 4 is 23.1 Å². The van der Waals surface area contributed by atoms with Gasteiger partial charge in [-0.05, 0) is 24.6 Å². The number of amidine groups is 1. The van der Waals surface area contributed by atoms with E-state index in [1.807, 2.05) is 6.07 Å². The zero-order chi connectivity index (χ0) is 13.8. The largest absolute Gasteiger partial charge is 0.409 e. The minimum absolute atomic E-state index is 0.0573. The highest BCUT2D eigenvalue weighted by Gasteiger charge is 2.21. The van der Waals surface area contributed by atoms with Gasteiger partial charge in [0.25, 0.3) is 0 Å². The van der Waals surface area contributed by atoms with E-state index in [9.17, 15) is 0 Å². The number of hydrogen-bond donors (Lipinski definition) is 2. The summed E-state index contributed by atoms with van der Waals surface area (Å²) >= 11 is 6.28. The first kappa shape index (κ1) is 14.0. The summed E-state index contributed by atoms with van der Waals surface area (Å²) in [5.41, 5.74) is 7.11. The van der Waals surface area contributed by atoms with Gasteiger partial charge >= 0.3 is 0 Å². The lowest BCUT2D eigenvalue weighted by Crippen LogP contribution is -2.42. The fraction of sp³-hybridized carbons (Fsp3) is 0.462. The SMILES string of the molecule is CCC1CN(c2ccc(C(N)=NO)cc2Cl)CCO1. The zero-order valence-corrected chi connectivity index (χ0v) is 11.6. The summed E-state index contributed by atoms with van der Waals surface area (Å²) in [6.07, 6.45) is 1.23. The number of nitrogens with two attached hydrogens (primary N) is 1. The quantitative estimate of drug-likeness (QED) is 0.385. The van der Waals surface area contributed by atoms with Gasteiger partial charge in [-0.3, -0.25) is 0 Å². The van der Waals surface area contributed by atoms with Crippen LogP contribution in [0, 0.1) is 0 Å². The maximum Gasteiger partial charge on any atom is 0.170 e. The number of hydrogen-bond acceptors (Lipinski definition) is 4. The topological polar surface area (TPSA) is 71.1 Å². The fourth-order valence-corrected chi connectivity index (χ4v) is 2.47. The molecule has 1 aromatic carbocycles. The van der Waals surface area contributed by atoms with Gasteiger partial charge in [0.1, 0.15) is 0 Å². The Hall–Kier alpha value is -1.46. The van der Waals surface area contributed by atoms with Gasteiger partial charge in [0, 0.05) is 18.7 Å². The van der Waals surface area contributed by atoms with Crippen molar-refractivity contribution in [2.75, 3.05) is 24.6 Å². The summed E-state index contributed by atoms with van der Waals surface area (Å²) in [7, 11) is 0. The average Bonchev–Trinajstić information content (AvgIpc) is 2.46. The summed E-state index contributed by atoms with van der Waals surface area (Å²) in [6, 6.07) is 5.41. The van der Waals surface area contributed by atoms with Crippen LogP contribution < -0.4 is 10.6 Å². The van der Waals surface area contributed by atoms with Crippen LogP contribution >= 0.6 is 11.6 Å². The zero-order valence-electron chi connectivity index (χ0n) is 10.8. The second-order valence-electron chi connectivity index (χ2n) is 4.50. The van der Waals surface area contributed by atoms with Gasteiger partial charge < -0.3 is 20.6 Å². The molecule has 1 unspecified atom stereocenters. The molecule has 1 heterocycles. The number of morpholine rings is 1. The molecular formula is C13H18ClN3O2. The van der Waals surface area contributed by atoms with Gasteiger partial charge in [0.05, 0.1) is 23.4 Å². The molecule has 0 radical (unpaired) electrons. The van der Waals surface area contributed by atoms with Crippen molar-refractivity contribution in [1.29, 1.82) is 0 Å². The predicted octanol–water partition coefficient (Wildman–Crippen LogP) is 2.05. The van der Waals surface area contributed by atoms with Crippen LogP contribution in [0.25, 0.3) is 0 Å². The number of anilines is 1. The molecule has 0 bridgehead atoms. The van der Waals surface area contributed by atoms with Crippen LogP contribution in [-0.2, 0) is 4.74 Å². The van der Waals surface area contributed by atoms with Crippen molar-refractivity contribution in [3.8, 4) is 0 Å². The minimum Gasteiger partial charge on any atom is -0.409 e.